The summed E-state index contributed by atoms with van der Waals surface area (Å²) in [7, 11) is 0. The van der Waals surface area contributed by atoms with E-state index in [1.54, 1.807) is 12.1 Å². The highest BCUT2D eigenvalue weighted by molar-refractivity contribution is 6.35. The number of carbonyl (C=O) groups is 1. The third-order valence-corrected chi connectivity index (χ3v) is 3.61. The summed E-state index contributed by atoms with van der Waals surface area (Å²) in [5.41, 5.74) is -0.0909. The van der Waals surface area contributed by atoms with Gasteiger partial charge in [0, 0.05) is 16.8 Å². The Bertz CT molecular complexity index is 786. The summed E-state index contributed by atoms with van der Waals surface area (Å²) in [4.78, 5) is 21.9. The fourth-order valence-electron chi connectivity index (χ4n) is 1.68. The van der Waals surface area contributed by atoms with Crippen molar-refractivity contribution in [2.45, 2.75) is 0 Å². The van der Waals surface area contributed by atoms with Gasteiger partial charge in [0.1, 0.15) is 10.8 Å². The van der Waals surface area contributed by atoms with Crippen molar-refractivity contribution >= 4 is 52.2 Å². The van der Waals surface area contributed by atoms with Gasteiger partial charge in [-0.2, -0.15) is 0 Å². The van der Waals surface area contributed by atoms with Gasteiger partial charge in [0.05, 0.1) is 9.95 Å². The zero-order valence-corrected chi connectivity index (χ0v) is 14.2. The van der Waals surface area contributed by atoms with Crippen LogP contribution in [0.5, 0.6) is 5.75 Å². The number of rotatable bonds is 5. The SMILES string of the molecule is O=C(NCOc1ccc(Cl)cc1Cl)Nc1ccc(Cl)c([N+](=O)[O-])c1. The van der Waals surface area contributed by atoms with Crippen LogP contribution in [0.3, 0.4) is 0 Å². The number of nitro groups is 1. The largest absolute Gasteiger partial charge is 0.472 e. The van der Waals surface area contributed by atoms with Crippen LogP contribution in [0.1, 0.15) is 0 Å². The number of benzene rings is 2. The molecular weight excluding hydrogens is 381 g/mol. The van der Waals surface area contributed by atoms with Gasteiger partial charge < -0.3 is 15.4 Å². The van der Waals surface area contributed by atoms with Gasteiger partial charge in [0.2, 0.25) is 0 Å². The first kappa shape index (κ1) is 18.1. The lowest BCUT2D eigenvalue weighted by Gasteiger charge is -2.10. The van der Waals surface area contributed by atoms with E-state index in [0.717, 1.165) is 6.07 Å². The van der Waals surface area contributed by atoms with E-state index in [-0.39, 0.29) is 23.1 Å². The Hall–Kier alpha value is -2.22. The molecule has 0 fully saturated rings. The number of halogens is 3. The van der Waals surface area contributed by atoms with Gasteiger partial charge in [-0.05, 0) is 30.3 Å². The number of amides is 2. The normalized spacial score (nSPS) is 10.1. The van der Waals surface area contributed by atoms with E-state index in [9.17, 15) is 14.9 Å². The number of carbonyl (C=O) groups excluding carboxylic acids is 1. The second-order valence-electron chi connectivity index (χ2n) is 4.42. The molecule has 126 valence electrons. The van der Waals surface area contributed by atoms with Gasteiger partial charge in [-0.1, -0.05) is 34.8 Å². The minimum absolute atomic E-state index is 0.0216. The number of anilines is 1. The van der Waals surface area contributed by atoms with E-state index < -0.39 is 11.0 Å². The Morgan fingerprint density at radius 3 is 2.54 bits per heavy atom. The van der Waals surface area contributed by atoms with Crippen LogP contribution in [-0.2, 0) is 0 Å². The van der Waals surface area contributed by atoms with Gasteiger partial charge in [0.25, 0.3) is 5.69 Å². The van der Waals surface area contributed by atoms with Crippen molar-refractivity contribution in [3.05, 3.63) is 61.6 Å². The molecule has 0 bridgehead atoms. The van der Waals surface area contributed by atoms with E-state index >= 15 is 0 Å². The van der Waals surface area contributed by atoms with Crippen LogP contribution in [0.4, 0.5) is 16.2 Å². The maximum absolute atomic E-state index is 11.7. The lowest BCUT2D eigenvalue weighted by molar-refractivity contribution is -0.384. The standard InChI is InChI=1S/C14H10Cl3N3O4/c15-8-1-4-13(11(17)5-8)24-7-18-14(21)19-9-2-3-10(16)12(6-9)20(22)23/h1-6H,7H2,(H2,18,19,21). The molecule has 0 aliphatic rings. The number of nitrogens with one attached hydrogen (secondary N) is 2. The maximum atomic E-state index is 11.7. The van der Waals surface area contributed by atoms with Crippen LogP contribution >= 0.6 is 34.8 Å². The lowest BCUT2D eigenvalue weighted by Crippen LogP contribution is -2.32. The summed E-state index contributed by atoms with van der Waals surface area (Å²) in [6.45, 7) is -0.164. The molecule has 2 rings (SSSR count). The van der Waals surface area contributed by atoms with Crippen LogP contribution in [0.15, 0.2) is 36.4 Å². The molecule has 0 radical (unpaired) electrons. The Morgan fingerprint density at radius 2 is 1.88 bits per heavy atom. The quantitative estimate of drug-likeness (QED) is 0.439. The summed E-state index contributed by atoms with van der Waals surface area (Å²) in [6, 6.07) is 7.95. The van der Waals surface area contributed by atoms with Crippen molar-refractivity contribution in [1.82, 2.24) is 5.32 Å². The van der Waals surface area contributed by atoms with Crippen molar-refractivity contribution in [3.63, 3.8) is 0 Å². The highest BCUT2D eigenvalue weighted by Crippen LogP contribution is 2.28. The van der Waals surface area contributed by atoms with E-state index in [4.69, 9.17) is 39.5 Å². The molecule has 2 aromatic carbocycles. The Morgan fingerprint density at radius 1 is 1.12 bits per heavy atom. The number of ether oxygens (including phenoxy) is 1. The summed E-state index contributed by atoms with van der Waals surface area (Å²) in [5.74, 6) is 0.350. The smallest absolute Gasteiger partial charge is 0.321 e. The van der Waals surface area contributed by atoms with Crippen LogP contribution in [0.2, 0.25) is 15.1 Å². The molecule has 10 heteroatoms. The average Bonchev–Trinajstić information content (AvgIpc) is 2.51. The molecular formula is C14H10Cl3N3O4. The van der Waals surface area contributed by atoms with Crippen LogP contribution < -0.4 is 15.4 Å². The molecule has 0 saturated heterocycles. The molecule has 2 aromatic rings. The first-order chi connectivity index (χ1) is 11.4. The molecule has 0 unspecified atom stereocenters. The third-order valence-electron chi connectivity index (χ3n) is 2.76. The molecule has 2 amide bonds. The van der Waals surface area contributed by atoms with Crippen molar-refractivity contribution < 1.29 is 14.5 Å². The Kier molecular flexibility index (Phi) is 6.08. The van der Waals surface area contributed by atoms with Crippen LogP contribution in [0.25, 0.3) is 0 Å². The monoisotopic (exact) mass is 389 g/mol. The van der Waals surface area contributed by atoms with E-state index in [1.807, 2.05) is 0 Å². The Labute approximate surface area is 151 Å². The van der Waals surface area contributed by atoms with Gasteiger partial charge in [-0.3, -0.25) is 10.1 Å². The second kappa shape index (κ2) is 8.05. The topological polar surface area (TPSA) is 93.5 Å². The Balaban J connectivity index is 1.89. The first-order valence-corrected chi connectivity index (χ1v) is 7.57. The molecule has 0 aliphatic heterocycles. The van der Waals surface area contributed by atoms with Crippen molar-refractivity contribution in [1.29, 1.82) is 0 Å². The zero-order chi connectivity index (χ0) is 17.7. The highest BCUT2D eigenvalue weighted by Gasteiger charge is 2.13. The minimum Gasteiger partial charge on any atom is -0.472 e. The fourth-order valence-corrected chi connectivity index (χ4v) is 2.33. The fraction of sp³-hybridized carbons (Fsp3) is 0.0714. The predicted molar refractivity (Wildman–Crippen MR) is 92.2 cm³/mol. The molecule has 0 atom stereocenters. The average molecular weight is 391 g/mol. The number of hydrogen-bond acceptors (Lipinski definition) is 4. The highest BCUT2D eigenvalue weighted by atomic mass is 35.5. The first-order valence-electron chi connectivity index (χ1n) is 6.43. The molecule has 0 aliphatic carbocycles. The predicted octanol–water partition coefficient (Wildman–Crippen LogP) is 4.71. The molecule has 0 aromatic heterocycles. The third kappa shape index (κ3) is 4.89. The number of hydrogen-bond donors (Lipinski definition) is 2. The number of nitrogens with zero attached hydrogens (tertiary/aromatic N) is 1. The van der Waals surface area contributed by atoms with E-state index in [2.05, 4.69) is 10.6 Å². The van der Waals surface area contributed by atoms with Gasteiger partial charge in [-0.25, -0.2) is 4.79 Å². The van der Waals surface area contributed by atoms with Gasteiger partial charge >= 0.3 is 6.03 Å². The van der Waals surface area contributed by atoms with Crippen molar-refractivity contribution in [2.24, 2.45) is 0 Å². The van der Waals surface area contributed by atoms with Gasteiger partial charge in [0.15, 0.2) is 6.73 Å². The summed E-state index contributed by atoms with van der Waals surface area (Å²) < 4.78 is 5.29. The lowest BCUT2D eigenvalue weighted by atomic mass is 10.3. The second-order valence-corrected chi connectivity index (χ2v) is 5.67. The van der Waals surface area contributed by atoms with E-state index in [1.165, 1.54) is 18.2 Å². The molecule has 0 spiro atoms. The van der Waals surface area contributed by atoms with Gasteiger partial charge in [-0.15, -0.1) is 0 Å². The summed E-state index contributed by atoms with van der Waals surface area (Å²) in [5, 5.41) is 16.4. The summed E-state index contributed by atoms with van der Waals surface area (Å²) in [6.07, 6.45) is 0. The molecule has 0 heterocycles. The molecule has 24 heavy (non-hydrogen) atoms. The molecule has 2 N–H and O–H groups in total. The minimum atomic E-state index is -0.642. The summed E-state index contributed by atoms with van der Waals surface area (Å²) >= 11 is 17.4. The number of nitro benzene ring substituents is 1. The molecule has 0 saturated carbocycles. The van der Waals surface area contributed by atoms with E-state index in [0.29, 0.717) is 15.8 Å². The number of urea groups is 1. The maximum Gasteiger partial charge on any atom is 0.321 e. The van der Waals surface area contributed by atoms with Crippen LogP contribution in [-0.4, -0.2) is 17.7 Å². The van der Waals surface area contributed by atoms with Crippen molar-refractivity contribution in [2.75, 3.05) is 12.0 Å². The van der Waals surface area contributed by atoms with Crippen molar-refractivity contribution in [3.8, 4) is 5.75 Å². The molecule has 7 nitrogen and oxygen atoms in total. The zero-order valence-electron chi connectivity index (χ0n) is 11.9. The van der Waals surface area contributed by atoms with Crippen LogP contribution in [0, 0.1) is 10.1 Å².